The van der Waals surface area contributed by atoms with Gasteiger partial charge in [-0.15, -0.1) is 0 Å². The molecule has 0 saturated heterocycles. The third kappa shape index (κ3) is 7.88. The van der Waals surface area contributed by atoms with Crippen LogP contribution >= 0.6 is 0 Å². The van der Waals surface area contributed by atoms with E-state index in [4.69, 9.17) is 10.1 Å². The van der Waals surface area contributed by atoms with E-state index in [2.05, 4.69) is 18.7 Å². The molecule has 0 bridgehead atoms. The van der Waals surface area contributed by atoms with Crippen LogP contribution in [-0.2, 0) is 19.3 Å². The van der Waals surface area contributed by atoms with Crippen molar-refractivity contribution in [2.24, 2.45) is 0 Å². The van der Waals surface area contributed by atoms with Gasteiger partial charge < -0.3 is 18.8 Å². The highest BCUT2D eigenvalue weighted by Gasteiger charge is 2.33. The molecule has 3 rings (SSSR count). The van der Waals surface area contributed by atoms with Gasteiger partial charge in [-0.25, -0.2) is 0 Å². The van der Waals surface area contributed by atoms with E-state index < -0.39 is 11.7 Å². The summed E-state index contributed by atoms with van der Waals surface area (Å²) >= 11 is 0. The van der Waals surface area contributed by atoms with Crippen LogP contribution in [0.3, 0.4) is 0 Å². The predicted molar refractivity (Wildman–Crippen MR) is 140 cm³/mol. The fraction of sp³-hybridized carbons (Fsp3) is 0.536. The first-order valence-corrected chi connectivity index (χ1v) is 13.1. The molecular weight excluding hydrogens is 465 g/mol. The summed E-state index contributed by atoms with van der Waals surface area (Å²) < 4.78 is 49.0. The van der Waals surface area contributed by atoms with Crippen molar-refractivity contribution in [2.45, 2.75) is 72.6 Å². The lowest BCUT2D eigenvalue weighted by Crippen LogP contribution is -2.29. The highest BCUT2D eigenvalue weighted by Crippen LogP contribution is 2.35. The normalized spacial score (nSPS) is 11.6. The second kappa shape index (κ2) is 14.7. The molecule has 0 aliphatic carbocycles. The van der Waals surface area contributed by atoms with Gasteiger partial charge in [0.1, 0.15) is 5.75 Å². The van der Waals surface area contributed by atoms with E-state index in [-0.39, 0.29) is 12.4 Å². The molecule has 2 aromatic carbocycles. The van der Waals surface area contributed by atoms with Crippen molar-refractivity contribution in [3.05, 3.63) is 59.7 Å². The summed E-state index contributed by atoms with van der Waals surface area (Å²) in [4.78, 5) is 2.47. The minimum atomic E-state index is -4.45. The highest BCUT2D eigenvalue weighted by atomic mass is 19.4. The summed E-state index contributed by atoms with van der Waals surface area (Å²) in [6, 6.07) is 13.2. The van der Waals surface area contributed by atoms with E-state index >= 15 is 0 Å². The van der Waals surface area contributed by atoms with Crippen molar-refractivity contribution in [2.75, 3.05) is 26.2 Å². The smallest absolute Gasteiger partial charge is 0.419 e. The molecule has 1 heterocycles. The Labute approximate surface area is 213 Å². The second-order valence-corrected chi connectivity index (χ2v) is 8.51. The van der Waals surface area contributed by atoms with Crippen molar-refractivity contribution in [3.8, 4) is 5.75 Å². The van der Waals surface area contributed by atoms with E-state index in [1.807, 2.05) is 47.2 Å². The lowest BCUT2D eigenvalue weighted by atomic mass is 10.2. The predicted octanol–water partition coefficient (Wildman–Crippen LogP) is 6.95. The number of benzene rings is 2. The zero-order valence-corrected chi connectivity index (χ0v) is 22.1. The topological polar surface area (TPSA) is 46.2 Å². The fourth-order valence-corrected chi connectivity index (χ4v) is 4.40. The summed E-state index contributed by atoms with van der Waals surface area (Å²) in [5, 5.41) is 8.76. The largest absolute Gasteiger partial charge is 0.493 e. The molecule has 0 saturated carbocycles. The number of alkyl halides is 3. The standard InChI is InChI=1S/C26H35F3N4O.C2H6/c1-3-15-31(16-4-2)17-9-18-32-22-12-6-7-13-23(22)33(25(32)30)19-10-20-34-24-14-8-5-11-21(24)26(27,28)29;1-2/h5-8,11-14,30H,3-4,9-10,15-20H2,1-2H3;1-2H3. The minimum absolute atomic E-state index is 0.141. The molecule has 5 nitrogen and oxygen atoms in total. The first-order chi connectivity index (χ1) is 17.4. The third-order valence-electron chi connectivity index (χ3n) is 5.89. The van der Waals surface area contributed by atoms with Crippen LogP contribution in [0.15, 0.2) is 48.5 Å². The van der Waals surface area contributed by atoms with Crippen LogP contribution in [0.1, 0.15) is 58.9 Å². The Morgan fingerprint density at radius 1 is 0.806 bits per heavy atom. The monoisotopic (exact) mass is 506 g/mol. The van der Waals surface area contributed by atoms with Crippen molar-refractivity contribution in [1.82, 2.24) is 14.0 Å². The van der Waals surface area contributed by atoms with Crippen molar-refractivity contribution < 1.29 is 17.9 Å². The van der Waals surface area contributed by atoms with Gasteiger partial charge in [-0.2, -0.15) is 13.2 Å². The molecule has 0 aliphatic rings. The van der Waals surface area contributed by atoms with E-state index in [1.54, 1.807) is 0 Å². The number of hydrogen-bond donors (Lipinski definition) is 1. The lowest BCUT2D eigenvalue weighted by Gasteiger charge is -2.20. The Morgan fingerprint density at radius 2 is 1.33 bits per heavy atom. The van der Waals surface area contributed by atoms with Gasteiger partial charge in [-0.3, -0.25) is 5.41 Å². The van der Waals surface area contributed by atoms with Gasteiger partial charge in [0.15, 0.2) is 0 Å². The summed E-state index contributed by atoms with van der Waals surface area (Å²) in [5.41, 5.74) is 1.62. The Balaban J connectivity index is 0.00000222. The number of nitrogens with one attached hydrogen (secondary N) is 1. The van der Waals surface area contributed by atoms with Crippen molar-refractivity contribution in [3.63, 3.8) is 0 Å². The first-order valence-electron chi connectivity index (χ1n) is 13.1. The molecule has 36 heavy (non-hydrogen) atoms. The van der Waals surface area contributed by atoms with Crippen LogP contribution in [-0.4, -0.2) is 40.3 Å². The maximum absolute atomic E-state index is 13.2. The van der Waals surface area contributed by atoms with E-state index in [0.29, 0.717) is 18.6 Å². The van der Waals surface area contributed by atoms with Crippen LogP contribution in [0.25, 0.3) is 11.0 Å². The number of para-hydroxylation sites is 3. The number of fused-ring (bicyclic) bond motifs is 1. The van der Waals surface area contributed by atoms with Crippen LogP contribution in [0.2, 0.25) is 0 Å². The number of ether oxygens (including phenoxy) is 1. The first kappa shape index (κ1) is 29.5. The van der Waals surface area contributed by atoms with Gasteiger partial charge >= 0.3 is 6.18 Å². The zero-order chi connectivity index (χ0) is 26.6. The summed E-state index contributed by atoms with van der Waals surface area (Å²) in [7, 11) is 0. The number of halogens is 3. The maximum Gasteiger partial charge on any atom is 0.419 e. The Kier molecular flexibility index (Phi) is 12.1. The molecule has 0 fully saturated rings. The lowest BCUT2D eigenvalue weighted by molar-refractivity contribution is -0.138. The number of nitrogens with zero attached hydrogens (tertiary/aromatic N) is 3. The molecule has 1 N–H and O–H groups in total. The molecule has 0 spiro atoms. The molecule has 8 heteroatoms. The molecule has 0 atom stereocenters. The fourth-order valence-electron chi connectivity index (χ4n) is 4.40. The van der Waals surface area contributed by atoms with Gasteiger partial charge in [0.05, 0.1) is 23.2 Å². The molecular formula is C28H41F3N4O. The van der Waals surface area contributed by atoms with Crippen LogP contribution < -0.4 is 10.4 Å². The van der Waals surface area contributed by atoms with Gasteiger partial charge in [-0.05, 0) is 69.6 Å². The quantitative estimate of drug-likeness (QED) is 0.255. The molecule has 0 aliphatic heterocycles. The van der Waals surface area contributed by atoms with Crippen LogP contribution in [0, 0.1) is 5.41 Å². The van der Waals surface area contributed by atoms with Gasteiger partial charge in [0.2, 0.25) is 5.62 Å². The van der Waals surface area contributed by atoms with E-state index in [1.165, 1.54) is 18.2 Å². The summed E-state index contributed by atoms with van der Waals surface area (Å²) in [6.45, 7) is 13.0. The average molecular weight is 507 g/mol. The SMILES string of the molecule is CC.CCCN(CCC)CCCn1c(=N)n(CCCOc2ccccc2C(F)(F)F)c2ccccc21. The summed E-state index contributed by atoms with van der Waals surface area (Å²) in [6.07, 6.45) is -0.728. The number of aryl methyl sites for hydroxylation is 2. The van der Waals surface area contributed by atoms with Gasteiger partial charge in [0.25, 0.3) is 0 Å². The average Bonchev–Trinajstić information content (AvgIpc) is 3.14. The van der Waals surface area contributed by atoms with Crippen molar-refractivity contribution >= 4 is 11.0 Å². The Morgan fingerprint density at radius 3 is 1.89 bits per heavy atom. The molecule has 0 radical (unpaired) electrons. The number of imidazole rings is 1. The highest BCUT2D eigenvalue weighted by molar-refractivity contribution is 5.75. The molecule has 0 amide bonds. The Hall–Kier alpha value is -2.74. The summed E-state index contributed by atoms with van der Waals surface area (Å²) in [5.74, 6) is -0.155. The third-order valence-corrected chi connectivity index (χ3v) is 5.89. The van der Waals surface area contributed by atoms with Crippen LogP contribution in [0.5, 0.6) is 5.75 Å². The molecule has 200 valence electrons. The minimum Gasteiger partial charge on any atom is -0.493 e. The Bertz CT molecular complexity index is 1100. The maximum atomic E-state index is 13.2. The number of aromatic nitrogens is 2. The number of rotatable bonds is 13. The van der Waals surface area contributed by atoms with Gasteiger partial charge in [0, 0.05) is 13.1 Å². The van der Waals surface area contributed by atoms with Crippen LogP contribution in [0.4, 0.5) is 13.2 Å². The molecule has 3 aromatic rings. The van der Waals surface area contributed by atoms with Crippen molar-refractivity contribution in [1.29, 1.82) is 5.41 Å². The zero-order valence-electron chi connectivity index (χ0n) is 22.1. The number of hydrogen-bond acceptors (Lipinski definition) is 3. The molecule has 1 aromatic heterocycles. The van der Waals surface area contributed by atoms with E-state index in [0.717, 1.165) is 62.5 Å². The second-order valence-electron chi connectivity index (χ2n) is 8.51. The molecule has 0 unspecified atom stereocenters. The van der Waals surface area contributed by atoms with E-state index in [9.17, 15) is 13.2 Å². The van der Waals surface area contributed by atoms with Gasteiger partial charge in [-0.1, -0.05) is 52.0 Å².